The predicted octanol–water partition coefficient (Wildman–Crippen LogP) is 15.3. The smallest absolute Gasteiger partial charge is 0.00306 e. The summed E-state index contributed by atoms with van der Waals surface area (Å²) >= 11 is 0. The summed E-state index contributed by atoms with van der Waals surface area (Å²) in [7, 11) is -0.663. The van der Waals surface area contributed by atoms with Gasteiger partial charge in [0.2, 0.25) is 0 Å². The highest BCUT2D eigenvalue weighted by Crippen LogP contribution is 2.57. The van der Waals surface area contributed by atoms with Crippen molar-refractivity contribution < 1.29 is 0 Å². The Morgan fingerprint density at radius 1 is 0.364 bits per heavy atom. The molecule has 7 rings (SSSR count). The second-order valence-electron chi connectivity index (χ2n) is 13.2. The molecule has 0 saturated heterocycles. The zero-order valence-electron chi connectivity index (χ0n) is 26.9. The van der Waals surface area contributed by atoms with Crippen LogP contribution in [-0.4, -0.2) is 0 Å². The van der Waals surface area contributed by atoms with Crippen molar-refractivity contribution in [2.24, 2.45) is 0 Å². The minimum Gasteiger partial charge on any atom is -0.109 e. The van der Waals surface area contributed by atoms with Gasteiger partial charge in [-0.2, -0.15) is 0 Å². The molecule has 2 heteroatoms. The second kappa shape index (κ2) is 13.7. The molecule has 0 saturated carbocycles. The number of benzene rings is 5. The minimum absolute atomic E-state index is 0.332. The first-order valence-electron chi connectivity index (χ1n) is 17.6. The van der Waals surface area contributed by atoms with Gasteiger partial charge in [-0.15, -0.1) is 15.1 Å². The van der Waals surface area contributed by atoms with Crippen molar-refractivity contribution in [3.63, 3.8) is 0 Å². The summed E-state index contributed by atoms with van der Waals surface area (Å²) in [5.74, 6) is 0. The Kier molecular flexibility index (Phi) is 9.31. The van der Waals surface area contributed by atoms with E-state index >= 15 is 0 Å². The molecule has 0 amide bonds. The lowest BCUT2D eigenvalue weighted by molar-refractivity contribution is 0.619. The highest BCUT2D eigenvalue weighted by molar-refractivity contribution is 7.61. The number of hydrogen-bond acceptors (Lipinski definition) is 0. The van der Waals surface area contributed by atoms with Crippen molar-refractivity contribution in [2.75, 3.05) is 0 Å². The molecule has 0 aliphatic carbocycles. The molecular weight excluding hydrogens is 566 g/mol. The van der Waals surface area contributed by atoms with Crippen LogP contribution in [0.4, 0.5) is 0 Å². The van der Waals surface area contributed by atoms with E-state index in [1.165, 1.54) is 122 Å². The molecular formula is C42H48P2. The molecule has 0 aliphatic heterocycles. The Hall–Kier alpha value is -2.78. The lowest BCUT2D eigenvalue weighted by Crippen LogP contribution is -1.79. The van der Waals surface area contributed by atoms with Gasteiger partial charge in [-0.1, -0.05) is 127 Å². The molecule has 0 N–H and O–H groups in total. The maximum absolute atomic E-state index is 2.70. The molecule has 44 heavy (non-hydrogen) atoms. The summed E-state index contributed by atoms with van der Waals surface area (Å²) in [6.07, 6.45) is 19.1. The monoisotopic (exact) mass is 614 g/mol. The molecule has 0 aliphatic rings. The Morgan fingerprint density at radius 2 is 0.682 bits per heavy atom. The summed E-state index contributed by atoms with van der Waals surface area (Å²) in [6.45, 7) is 4.64. The van der Waals surface area contributed by atoms with E-state index in [0.29, 0.717) is 0 Å². The molecule has 0 radical (unpaired) electrons. The normalized spacial score (nSPS) is 13.0. The van der Waals surface area contributed by atoms with Crippen LogP contribution in [0.1, 0.15) is 90.9 Å². The fraction of sp³-hybridized carbons (Fsp3) is 0.381. The maximum atomic E-state index is 2.70. The fourth-order valence-corrected chi connectivity index (χ4v) is 13.3. The van der Waals surface area contributed by atoms with Crippen LogP contribution < -0.4 is 0 Å². The molecule has 2 heterocycles. The van der Waals surface area contributed by atoms with Gasteiger partial charge in [-0.05, 0) is 105 Å². The minimum atomic E-state index is -0.332. The molecule has 5 aromatic carbocycles. The average Bonchev–Trinajstić information content (AvgIpc) is 3.51. The van der Waals surface area contributed by atoms with Crippen LogP contribution in [0.3, 0.4) is 0 Å². The fourth-order valence-electron chi connectivity index (χ4n) is 7.63. The molecule has 7 aromatic rings. The van der Waals surface area contributed by atoms with Gasteiger partial charge in [0.15, 0.2) is 0 Å². The number of fused-ring (bicyclic) bond motifs is 8. The van der Waals surface area contributed by atoms with E-state index in [1.807, 2.05) is 0 Å². The topological polar surface area (TPSA) is 0 Å². The molecule has 2 atom stereocenters. The lowest BCUT2D eigenvalue weighted by atomic mass is 10.0. The van der Waals surface area contributed by atoms with Crippen molar-refractivity contribution >= 4 is 78.6 Å². The number of unbranched alkanes of at least 4 members (excludes halogenated alkanes) is 10. The van der Waals surface area contributed by atoms with E-state index in [9.17, 15) is 0 Å². The third kappa shape index (κ3) is 5.82. The molecule has 2 aromatic heterocycles. The summed E-state index contributed by atoms with van der Waals surface area (Å²) in [4.78, 5) is 0. The van der Waals surface area contributed by atoms with Crippen molar-refractivity contribution in [1.29, 1.82) is 0 Å². The first-order chi connectivity index (χ1) is 21.8. The van der Waals surface area contributed by atoms with Crippen molar-refractivity contribution in [2.45, 2.75) is 103 Å². The van der Waals surface area contributed by atoms with Crippen molar-refractivity contribution in [1.82, 2.24) is 0 Å². The van der Waals surface area contributed by atoms with Crippen LogP contribution in [0.25, 0.3) is 63.6 Å². The van der Waals surface area contributed by atoms with Gasteiger partial charge in [0, 0.05) is 20.5 Å². The van der Waals surface area contributed by atoms with Crippen LogP contribution in [0.15, 0.2) is 84.9 Å². The van der Waals surface area contributed by atoms with Crippen LogP contribution in [0.5, 0.6) is 0 Å². The quantitative estimate of drug-likeness (QED) is 0.107. The zero-order chi connectivity index (χ0) is 29.9. The predicted molar refractivity (Wildman–Crippen MR) is 204 cm³/mol. The third-order valence-electron chi connectivity index (χ3n) is 10.1. The van der Waals surface area contributed by atoms with Gasteiger partial charge < -0.3 is 0 Å². The molecule has 0 bridgehead atoms. The summed E-state index contributed by atoms with van der Waals surface area (Å²) in [6, 6.07) is 33.7. The van der Waals surface area contributed by atoms with Crippen LogP contribution >= 0.6 is 15.1 Å². The SMILES string of the molecule is CCCCCCCCp1c2cc3ccccc3cc2c2cc3c(cc21)c1cc2ccccc2cc1p3CCCCCCCC. The lowest BCUT2D eigenvalue weighted by Gasteiger charge is -2.06. The Labute approximate surface area is 266 Å². The number of hydrogen-bond donors (Lipinski definition) is 0. The van der Waals surface area contributed by atoms with Gasteiger partial charge >= 0.3 is 0 Å². The van der Waals surface area contributed by atoms with Gasteiger partial charge in [-0.25, -0.2) is 0 Å². The van der Waals surface area contributed by atoms with E-state index < -0.39 is 0 Å². The van der Waals surface area contributed by atoms with Gasteiger partial charge in [0.05, 0.1) is 0 Å². The van der Waals surface area contributed by atoms with E-state index in [0.717, 1.165) is 0 Å². The van der Waals surface area contributed by atoms with Crippen molar-refractivity contribution in [3.05, 3.63) is 84.9 Å². The first kappa shape index (κ1) is 29.9. The van der Waals surface area contributed by atoms with E-state index in [4.69, 9.17) is 0 Å². The molecule has 0 spiro atoms. The first-order valence-corrected chi connectivity index (χ1v) is 20.6. The Bertz CT molecular complexity index is 1900. The Balaban J connectivity index is 1.40. The maximum Gasteiger partial charge on any atom is 0.00306 e. The largest absolute Gasteiger partial charge is 0.109 e. The van der Waals surface area contributed by atoms with Crippen LogP contribution in [-0.2, 0) is 12.3 Å². The summed E-state index contributed by atoms with van der Waals surface area (Å²) in [5, 5.41) is 18.4. The number of aryl methyl sites for hydroxylation is 2. The van der Waals surface area contributed by atoms with Crippen molar-refractivity contribution in [3.8, 4) is 0 Å². The van der Waals surface area contributed by atoms with Crippen LogP contribution in [0.2, 0.25) is 0 Å². The van der Waals surface area contributed by atoms with Gasteiger partial charge in [0.25, 0.3) is 0 Å². The average molecular weight is 615 g/mol. The van der Waals surface area contributed by atoms with Gasteiger partial charge in [-0.3, -0.25) is 0 Å². The molecule has 2 unspecified atom stereocenters. The zero-order valence-corrected chi connectivity index (χ0v) is 28.7. The van der Waals surface area contributed by atoms with E-state index in [2.05, 4.69) is 98.8 Å². The Morgan fingerprint density at radius 3 is 1.09 bits per heavy atom. The highest BCUT2D eigenvalue weighted by atomic mass is 31.1. The van der Waals surface area contributed by atoms with E-state index in [1.54, 1.807) is 31.2 Å². The molecule has 0 nitrogen and oxygen atoms in total. The summed E-state index contributed by atoms with van der Waals surface area (Å²) < 4.78 is 0. The molecule has 226 valence electrons. The summed E-state index contributed by atoms with van der Waals surface area (Å²) in [5.41, 5.74) is 0. The third-order valence-corrected chi connectivity index (χ3v) is 15.4. The van der Waals surface area contributed by atoms with Crippen LogP contribution in [0, 0.1) is 0 Å². The molecule has 0 fully saturated rings. The standard InChI is InChI=1S/C42H48P2/c1-3-5-7-9-11-17-23-43-39-27-33-21-15-13-19-31(33)25-35(39)37-30-42-38(29-41(37)43)36-26-32-20-14-16-22-34(32)28-40(36)44(42)24-18-12-10-8-6-4-2/h13-16,19-22,25-30H,3-12,17-18,23-24H2,1-2H3. The van der Waals surface area contributed by atoms with Gasteiger partial charge in [0.1, 0.15) is 0 Å². The highest BCUT2D eigenvalue weighted by Gasteiger charge is 2.19. The second-order valence-corrected chi connectivity index (χ2v) is 17.7. The van der Waals surface area contributed by atoms with E-state index in [-0.39, 0.29) is 15.1 Å². The number of rotatable bonds is 14.